The number of carbonyl (C=O) groups excluding carboxylic acids is 1. The van der Waals surface area contributed by atoms with Gasteiger partial charge in [-0.3, -0.25) is 9.78 Å². The number of hydrogen-bond donors (Lipinski definition) is 1. The summed E-state index contributed by atoms with van der Waals surface area (Å²) in [7, 11) is 1.83. The molecule has 0 aliphatic carbocycles. The average molecular weight is 336 g/mol. The number of alkyl halides is 3. The van der Waals surface area contributed by atoms with Crippen molar-refractivity contribution in [1.29, 1.82) is 0 Å². The fourth-order valence-corrected chi connectivity index (χ4v) is 2.60. The zero-order valence-electron chi connectivity index (χ0n) is 12.8. The Morgan fingerprint density at radius 2 is 2.08 bits per heavy atom. The molecule has 126 valence electrons. The molecular formula is C16H15F3N4O. The maximum absolute atomic E-state index is 13.3. The molecule has 1 N–H and O–H groups in total. The molecule has 3 heterocycles. The molecule has 1 unspecified atom stereocenters. The molecule has 1 atom stereocenters. The van der Waals surface area contributed by atoms with Crippen LogP contribution in [0.2, 0.25) is 0 Å². The first kappa shape index (κ1) is 16.2. The molecule has 1 amide bonds. The summed E-state index contributed by atoms with van der Waals surface area (Å²) in [5.41, 5.74) is 0.662. The van der Waals surface area contributed by atoms with Gasteiger partial charge in [0, 0.05) is 19.8 Å². The lowest BCUT2D eigenvalue weighted by molar-refractivity contribution is -0.156. The van der Waals surface area contributed by atoms with Crippen LogP contribution in [0.25, 0.3) is 0 Å². The topological polar surface area (TPSA) is 58.1 Å². The van der Waals surface area contributed by atoms with Gasteiger partial charge in [0.1, 0.15) is 11.5 Å². The highest BCUT2D eigenvalue weighted by Crippen LogP contribution is 2.32. The van der Waals surface area contributed by atoms with Crippen molar-refractivity contribution >= 4 is 11.7 Å². The van der Waals surface area contributed by atoms with E-state index in [1.54, 1.807) is 6.07 Å². The Morgan fingerprint density at radius 3 is 2.75 bits per heavy atom. The van der Waals surface area contributed by atoms with Gasteiger partial charge in [-0.2, -0.15) is 13.2 Å². The Labute approximate surface area is 136 Å². The fourth-order valence-electron chi connectivity index (χ4n) is 2.60. The van der Waals surface area contributed by atoms with Crippen LogP contribution in [-0.2, 0) is 6.42 Å². The maximum atomic E-state index is 13.3. The Bertz CT molecular complexity index is 749. The molecule has 0 spiro atoms. The van der Waals surface area contributed by atoms with Crippen molar-refractivity contribution in [2.75, 3.05) is 18.5 Å². The molecule has 0 radical (unpaired) electrons. The standard InChI is InChI=1S/C16H15F3N4O/c1-23-9-7-10-5-6-12(21-14(10)23)15(24)22-13(16(17,18)19)11-4-2-3-8-20-11/h2-6,8,13H,7,9H2,1H3,(H,22,24). The first-order valence-corrected chi connectivity index (χ1v) is 7.36. The van der Waals surface area contributed by atoms with Crippen LogP contribution in [-0.4, -0.2) is 35.6 Å². The molecule has 1 aliphatic heterocycles. The van der Waals surface area contributed by atoms with Gasteiger partial charge < -0.3 is 10.2 Å². The third-order valence-electron chi connectivity index (χ3n) is 3.85. The van der Waals surface area contributed by atoms with E-state index in [0.717, 1.165) is 18.5 Å². The number of nitrogens with one attached hydrogen (secondary N) is 1. The fraction of sp³-hybridized carbons (Fsp3) is 0.312. The molecule has 1 aliphatic rings. The van der Waals surface area contributed by atoms with E-state index >= 15 is 0 Å². The summed E-state index contributed by atoms with van der Waals surface area (Å²) in [5.74, 6) is -0.255. The van der Waals surface area contributed by atoms with E-state index in [4.69, 9.17) is 0 Å². The van der Waals surface area contributed by atoms with Gasteiger partial charge in [-0.15, -0.1) is 0 Å². The lowest BCUT2D eigenvalue weighted by Crippen LogP contribution is -2.39. The molecular weight excluding hydrogens is 321 g/mol. The van der Waals surface area contributed by atoms with Gasteiger partial charge in [0.05, 0.1) is 5.69 Å². The van der Waals surface area contributed by atoms with E-state index in [9.17, 15) is 18.0 Å². The van der Waals surface area contributed by atoms with Crippen LogP contribution in [0, 0.1) is 0 Å². The monoisotopic (exact) mass is 336 g/mol. The van der Waals surface area contributed by atoms with Crippen molar-refractivity contribution in [3.05, 3.63) is 53.5 Å². The highest BCUT2D eigenvalue weighted by atomic mass is 19.4. The van der Waals surface area contributed by atoms with Crippen LogP contribution in [0.1, 0.15) is 27.8 Å². The summed E-state index contributed by atoms with van der Waals surface area (Å²) in [6.45, 7) is 0.770. The quantitative estimate of drug-likeness (QED) is 0.936. The molecule has 2 aromatic heterocycles. The molecule has 2 aromatic rings. The van der Waals surface area contributed by atoms with Crippen LogP contribution < -0.4 is 10.2 Å². The highest BCUT2D eigenvalue weighted by Gasteiger charge is 2.43. The summed E-state index contributed by atoms with van der Waals surface area (Å²) in [6, 6.07) is 5.16. The Hall–Kier alpha value is -2.64. The molecule has 0 fully saturated rings. The van der Waals surface area contributed by atoms with Crippen molar-refractivity contribution in [3.8, 4) is 0 Å². The van der Waals surface area contributed by atoms with Gasteiger partial charge in [0.2, 0.25) is 0 Å². The van der Waals surface area contributed by atoms with E-state index < -0.39 is 18.1 Å². The number of pyridine rings is 2. The smallest absolute Gasteiger partial charge is 0.359 e. The molecule has 0 bridgehead atoms. The number of anilines is 1. The van der Waals surface area contributed by atoms with Crippen molar-refractivity contribution in [3.63, 3.8) is 0 Å². The largest absolute Gasteiger partial charge is 0.414 e. The van der Waals surface area contributed by atoms with Gasteiger partial charge in [0.25, 0.3) is 5.91 Å². The van der Waals surface area contributed by atoms with E-state index in [1.807, 2.05) is 17.3 Å². The minimum atomic E-state index is -4.66. The summed E-state index contributed by atoms with van der Waals surface area (Å²) in [4.78, 5) is 22.0. The number of carbonyl (C=O) groups is 1. The first-order chi connectivity index (χ1) is 11.4. The predicted molar refractivity (Wildman–Crippen MR) is 81.7 cm³/mol. The molecule has 3 rings (SSSR count). The summed E-state index contributed by atoms with van der Waals surface area (Å²) in [6.07, 6.45) is -2.60. The highest BCUT2D eigenvalue weighted by molar-refractivity contribution is 5.93. The number of aromatic nitrogens is 2. The van der Waals surface area contributed by atoms with Gasteiger partial charge >= 0.3 is 6.18 Å². The maximum Gasteiger partial charge on any atom is 0.414 e. The minimum absolute atomic E-state index is 0.0484. The lowest BCUT2D eigenvalue weighted by atomic mass is 10.1. The number of halogens is 3. The Balaban J connectivity index is 1.86. The summed E-state index contributed by atoms with van der Waals surface area (Å²) >= 11 is 0. The van der Waals surface area contributed by atoms with E-state index in [-0.39, 0.29) is 11.4 Å². The Morgan fingerprint density at radius 1 is 1.29 bits per heavy atom. The van der Waals surface area contributed by atoms with Crippen LogP contribution in [0.15, 0.2) is 36.5 Å². The van der Waals surface area contributed by atoms with E-state index in [1.165, 1.54) is 30.5 Å². The number of fused-ring (bicyclic) bond motifs is 1. The predicted octanol–water partition coefficient (Wildman–Crippen LogP) is 2.50. The van der Waals surface area contributed by atoms with Crippen LogP contribution in [0.5, 0.6) is 0 Å². The molecule has 5 nitrogen and oxygen atoms in total. The van der Waals surface area contributed by atoms with Crippen molar-refractivity contribution in [2.24, 2.45) is 0 Å². The van der Waals surface area contributed by atoms with E-state index in [0.29, 0.717) is 5.82 Å². The van der Waals surface area contributed by atoms with Gasteiger partial charge in [-0.1, -0.05) is 12.1 Å². The normalized spacial score (nSPS) is 15.1. The molecule has 0 aromatic carbocycles. The van der Waals surface area contributed by atoms with E-state index in [2.05, 4.69) is 9.97 Å². The van der Waals surface area contributed by atoms with Crippen LogP contribution in [0.3, 0.4) is 0 Å². The summed E-state index contributed by atoms with van der Waals surface area (Å²) in [5, 5.41) is 1.99. The van der Waals surface area contributed by atoms with Crippen LogP contribution >= 0.6 is 0 Å². The zero-order valence-corrected chi connectivity index (χ0v) is 12.8. The number of hydrogen-bond acceptors (Lipinski definition) is 4. The second kappa shape index (κ2) is 6.10. The zero-order chi connectivity index (χ0) is 17.3. The van der Waals surface area contributed by atoms with Crippen molar-refractivity contribution in [2.45, 2.75) is 18.6 Å². The van der Waals surface area contributed by atoms with Crippen molar-refractivity contribution in [1.82, 2.24) is 15.3 Å². The van der Waals surface area contributed by atoms with Gasteiger partial charge in [-0.05, 0) is 30.2 Å². The Kier molecular flexibility index (Phi) is 4.13. The van der Waals surface area contributed by atoms with Crippen molar-refractivity contribution < 1.29 is 18.0 Å². The SMILES string of the molecule is CN1CCc2ccc(C(=O)NC(c3ccccn3)C(F)(F)F)nc21. The second-order valence-electron chi connectivity index (χ2n) is 5.55. The third-order valence-corrected chi connectivity index (χ3v) is 3.85. The summed E-state index contributed by atoms with van der Waals surface area (Å²) < 4.78 is 39.8. The number of nitrogens with zero attached hydrogens (tertiary/aromatic N) is 3. The first-order valence-electron chi connectivity index (χ1n) is 7.36. The van der Waals surface area contributed by atoms with Gasteiger partial charge in [-0.25, -0.2) is 4.98 Å². The number of likely N-dealkylation sites (N-methyl/N-ethyl adjacent to an activating group) is 1. The molecule has 24 heavy (non-hydrogen) atoms. The second-order valence-corrected chi connectivity index (χ2v) is 5.55. The molecule has 0 saturated heterocycles. The average Bonchev–Trinajstić information content (AvgIpc) is 2.93. The number of rotatable bonds is 3. The van der Waals surface area contributed by atoms with Gasteiger partial charge in [0.15, 0.2) is 6.04 Å². The molecule has 0 saturated carbocycles. The number of amides is 1. The molecule has 8 heteroatoms. The lowest BCUT2D eigenvalue weighted by Gasteiger charge is -2.21. The minimum Gasteiger partial charge on any atom is -0.359 e. The van der Waals surface area contributed by atoms with Crippen LogP contribution in [0.4, 0.5) is 19.0 Å². The third kappa shape index (κ3) is 3.17.